The number of nitrogens with zero attached hydrogens (tertiary/aromatic N) is 1. The number of hydrogen-bond acceptors (Lipinski definition) is 3. The van der Waals surface area contributed by atoms with Gasteiger partial charge in [0, 0.05) is 25.2 Å². The first-order valence-electron chi connectivity index (χ1n) is 6.89. The molecule has 2 rings (SSSR count). The minimum atomic E-state index is 0.774. The normalized spacial score (nSPS) is 35.1. The Morgan fingerprint density at radius 2 is 2.06 bits per heavy atom. The Hall–Kier alpha value is -0.120. The Morgan fingerprint density at radius 1 is 1.19 bits per heavy atom. The van der Waals surface area contributed by atoms with Crippen molar-refractivity contribution in [3.8, 4) is 0 Å². The van der Waals surface area contributed by atoms with E-state index in [0.717, 1.165) is 31.1 Å². The number of nitrogens with one attached hydrogen (secondary N) is 2. The summed E-state index contributed by atoms with van der Waals surface area (Å²) >= 11 is 0. The highest BCUT2D eigenvalue weighted by molar-refractivity contribution is 4.93. The molecule has 2 aliphatic rings. The van der Waals surface area contributed by atoms with Crippen LogP contribution >= 0.6 is 0 Å². The van der Waals surface area contributed by atoms with Crippen LogP contribution in [0.4, 0.5) is 0 Å². The first-order valence-corrected chi connectivity index (χ1v) is 6.89. The van der Waals surface area contributed by atoms with Gasteiger partial charge in [0.1, 0.15) is 0 Å². The zero-order valence-electron chi connectivity index (χ0n) is 10.8. The molecular weight excluding hydrogens is 198 g/mol. The molecule has 0 radical (unpaired) electrons. The molecule has 1 heterocycles. The summed E-state index contributed by atoms with van der Waals surface area (Å²) < 4.78 is 0. The summed E-state index contributed by atoms with van der Waals surface area (Å²) in [4.78, 5) is 2.25. The minimum absolute atomic E-state index is 0.774. The topological polar surface area (TPSA) is 27.3 Å². The van der Waals surface area contributed by atoms with Crippen molar-refractivity contribution in [3.63, 3.8) is 0 Å². The van der Waals surface area contributed by atoms with Gasteiger partial charge in [-0.15, -0.1) is 0 Å². The van der Waals surface area contributed by atoms with Crippen molar-refractivity contribution in [1.82, 2.24) is 15.5 Å². The van der Waals surface area contributed by atoms with Gasteiger partial charge in [0.2, 0.25) is 0 Å². The molecule has 0 aromatic carbocycles. The smallest absolute Gasteiger partial charge is 0.0111 e. The second kappa shape index (κ2) is 5.99. The standard InChI is InChI=1S/C13H27N3/c1-16(2)10-9-15-12-6-3-5-11(12)13-7-4-8-14-13/h11-15H,3-10H2,1-2H3. The van der Waals surface area contributed by atoms with E-state index >= 15 is 0 Å². The lowest BCUT2D eigenvalue weighted by Gasteiger charge is -2.27. The van der Waals surface area contributed by atoms with E-state index in [9.17, 15) is 0 Å². The molecule has 1 saturated carbocycles. The predicted octanol–water partition coefficient (Wildman–Crippen LogP) is 1.06. The van der Waals surface area contributed by atoms with Gasteiger partial charge in [0.15, 0.2) is 0 Å². The van der Waals surface area contributed by atoms with Crippen molar-refractivity contribution in [2.24, 2.45) is 5.92 Å². The molecule has 2 N–H and O–H groups in total. The van der Waals surface area contributed by atoms with E-state index in [-0.39, 0.29) is 0 Å². The average molecular weight is 225 g/mol. The van der Waals surface area contributed by atoms with Crippen molar-refractivity contribution in [3.05, 3.63) is 0 Å². The minimum Gasteiger partial charge on any atom is -0.314 e. The van der Waals surface area contributed by atoms with Gasteiger partial charge in [-0.3, -0.25) is 0 Å². The summed E-state index contributed by atoms with van der Waals surface area (Å²) in [7, 11) is 4.29. The summed E-state index contributed by atoms with van der Waals surface area (Å²) in [5.74, 6) is 0.893. The predicted molar refractivity (Wildman–Crippen MR) is 68.7 cm³/mol. The van der Waals surface area contributed by atoms with Gasteiger partial charge < -0.3 is 15.5 Å². The van der Waals surface area contributed by atoms with Crippen LogP contribution in [0.25, 0.3) is 0 Å². The fourth-order valence-corrected chi connectivity index (χ4v) is 3.27. The van der Waals surface area contributed by atoms with E-state index in [4.69, 9.17) is 0 Å². The summed E-state index contributed by atoms with van der Waals surface area (Å²) in [6.07, 6.45) is 7.01. The van der Waals surface area contributed by atoms with Gasteiger partial charge in [0.25, 0.3) is 0 Å². The second-order valence-corrected chi connectivity index (χ2v) is 5.66. The van der Waals surface area contributed by atoms with Gasteiger partial charge >= 0.3 is 0 Å². The quantitative estimate of drug-likeness (QED) is 0.732. The summed E-state index contributed by atoms with van der Waals surface area (Å²) in [5.41, 5.74) is 0. The molecule has 2 fully saturated rings. The van der Waals surface area contributed by atoms with Crippen molar-refractivity contribution in [1.29, 1.82) is 0 Å². The highest BCUT2D eigenvalue weighted by Crippen LogP contribution is 2.31. The Morgan fingerprint density at radius 3 is 2.75 bits per heavy atom. The second-order valence-electron chi connectivity index (χ2n) is 5.66. The molecular formula is C13H27N3. The Balaban J connectivity index is 1.74. The molecule has 0 amide bonds. The maximum absolute atomic E-state index is 3.76. The maximum Gasteiger partial charge on any atom is 0.0111 e. The van der Waals surface area contributed by atoms with Crippen LogP contribution in [0.5, 0.6) is 0 Å². The third kappa shape index (κ3) is 3.19. The summed E-state index contributed by atoms with van der Waals surface area (Å²) in [6.45, 7) is 3.54. The number of rotatable bonds is 5. The van der Waals surface area contributed by atoms with Crippen LogP contribution in [-0.4, -0.2) is 50.7 Å². The molecule has 3 atom stereocenters. The maximum atomic E-state index is 3.76. The molecule has 0 aromatic rings. The van der Waals surface area contributed by atoms with Gasteiger partial charge in [-0.1, -0.05) is 6.42 Å². The third-order valence-corrected chi connectivity index (χ3v) is 4.15. The lowest BCUT2D eigenvalue weighted by atomic mass is 9.93. The van der Waals surface area contributed by atoms with Gasteiger partial charge in [-0.05, 0) is 52.2 Å². The average Bonchev–Trinajstić information content (AvgIpc) is 2.84. The van der Waals surface area contributed by atoms with Crippen LogP contribution in [-0.2, 0) is 0 Å². The molecule has 0 bridgehead atoms. The van der Waals surface area contributed by atoms with Gasteiger partial charge in [0.05, 0.1) is 0 Å². The fourth-order valence-electron chi connectivity index (χ4n) is 3.27. The van der Waals surface area contributed by atoms with Crippen LogP contribution in [0.2, 0.25) is 0 Å². The van der Waals surface area contributed by atoms with E-state index in [1.54, 1.807) is 0 Å². The lowest BCUT2D eigenvalue weighted by molar-refractivity contribution is 0.306. The lowest BCUT2D eigenvalue weighted by Crippen LogP contribution is -2.43. The van der Waals surface area contributed by atoms with Crippen molar-refractivity contribution in [2.45, 2.75) is 44.2 Å². The number of hydrogen-bond donors (Lipinski definition) is 2. The molecule has 1 aliphatic heterocycles. The molecule has 1 saturated heterocycles. The fraction of sp³-hybridized carbons (Fsp3) is 1.00. The van der Waals surface area contributed by atoms with Crippen LogP contribution in [0.15, 0.2) is 0 Å². The largest absolute Gasteiger partial charge is 0.314 e. The van der Waals surface area contributed by atoms with E-state index in [1.165, 1.54) is 38.6 Å². The van der Waals surface area contributed by atoms with Crippen LogP contribution < -0.4 is 10.6 Å². The van der Waals surface area contributed by atoms with E-state index in [1.807, 2.05) is 0 Å². The molecule has 3 heteroatoms. The zero-order valence-corrected chi connectivity index (χ0v) is 10.8. The highest BCUT2D eigenvalue weighted by atomic mass is 15.1. The van der Waals surface area contributed by atoms with Crippen molar-refractivity contribution < 1.29 is 0 Å². The molecule has 16 heavy (non-hydrogen) atoms. The molecule has 3 unspecified atom stereocenters. The first-order chi connectivity index (χ1) is 7.77. The third-order valence-electron chi connectivity index (χ3n) is 4.15. The van der Waals surface area contributed by atoms with E-state index < -0.39 is 0 Å². The Labute approximate surface area is 100.0 Å². The van der Waals surface area contributed by atoms with Gasteiger partial charge in [-0.2, -0.15) is 0 Å². The molecule has 0 spiro atoms. The Bertz CT molecular complexity index is 199. The summed E-state index contributed by atoms with van der Waals surface area (Å²) in [6, 6.07) is 1.58. The molecule has 3 nitrogen and oxygen atoms in total. The van der Waals surface area contributed by atoms with Crippen LogP contribution in [0, 0.1) is 5.92 Å². The Kier molecular flexibility index (Phi) is 4.62. The SMILES string of the molecule is CN(C)CCNC1CCCC1C1CCCN1. The van der Waals surface area contributed by atoms with E-state index in [2.05, 4.69) is 29.6 Å². The summed E-state index contributed by atoms with van der Waals surface area (Å²) in [5, 5.41) is 7.44. The first kappa shape index (κ1) is 12.3. The van der Waals surface area contributed by atoms with Crippen LogP contribution in [0.1, 0.15) is 32.1 Å². The highest BCUT2D eigenvalue weighted by Gasteiger charge is 2.34. The van der Waals surface area contributed by atoms with Crippen LogP contribution in [0.3, 0.4) is 0 Å². The molecule has 94 valence electrons. The molecule has 0 aromatic heterocycles. The van der Waals surface area contributed by atoms with Crippen molar-refractivity contribution >= 4 is 0 Å². The monoisotopic (exact) mass is 225 g/mol. The number of likely N-dealkylation sites (N-methyl/N-ethyl adjacent to an activating group) is 1. The van der Waals surface area contributed by atoms with E-state index in [0.29, 0.717) is 0 Å². The van der Waals surface area contributed by atoms with Crippen molar-refractivity contribution in [2.75, 3.05) is 33.7 Å². The zero-order chi connectivity index (χ0) is 11.4. The van der Waals surface area contributed by atoms with Gasteiger partial charge in [-0.25, -0.2) is 0 Å². The molecule has 1 aliphatic carbocycles.